The summed E-state index contributed by atoms with van der Waals surface area (Å²) < 4.78 is 27.9. The zero-order valence-corrected chi connectivity index (χ0v) is 22.7. The van der Waals surface area contributed by atoms with Crippen LogP contribution in [-0.4, -0.2) is 25.1 Å². The summed E-state index contributed by atoms with van der Waals surface area (Å²) in [5, 5.41) is 4.18. The van der Waals surface area contributed by atoms with Crippen LogP contribution in [0.4, 0.5) is 0 Å². The molecule has 4 heterocycles. The Balaban J connectivity index is 1.07. The first-order valence-corrected chi connectivity index (χ1v) is 13.9. The van der Waals surface area contributed by atoms with Gasteiger partial charge in [0.2, 0.25) is 12.5 Å². The lowest BCUT2D eigenvalue weighted by atomic mass is 9.95. The highest BCUT2D eigenvalue weighted by molar-refractivity contribution is 6.35. The van der Waals surface area contributed by atoms with Crippen LogP contribution in [0.5, 0.6) is 23.0 Å². The molecule has 6 nitrogen and oxygen atoms in total. The highest BCUT2D eigenvalue weighted by Crippen LogP contribution is 2.41. The molecule has 0 bridgehead atoms. The predicted molar refractivity (Wildman–Crippen MR) is 152 cm³/mol. The van der Waals surface area contributed by atoms with Gasteiger partial charge in [-0.25, -0.2) is 0 Å². The second-order valence-electron chi connectivity index (χ2n) is 10.2. The predicted octanol–water partition coefficient (Wildman–Crippen LogP) is 6.95. The minimum atomic E-state index is 0.286. The molecule has 7 rings (SSSR count). The second kappa shape index (κ2) is 10.0. The fourth-order valence-electron chi connectivity index (χ4n) is 5.84. The van der Waals surface area contributed by atoms with Gasteiger partial charge < -0.3 is 23.5 Å². The number of aromatic nitrogens is 2. The Labute approximate surface area is 232 Å². The van der Waals surface area contributed by atoms with Gasteiger partial charge in [0.25, 0.3) is 0 Å². The Morgan fingerprint density at radius 3 is 2.77 bits per heavy atom. The quantitative estimate of drug-likeness (QED) is 0.158. The van der Waals surface area contributed by atoms with E-state index < -0.39 is 0 Å². The van der Waals surface area contributed by atoms with Gasteiger partial charge in [0.05, 0.1) is 35.2 Å². The number of halogens is 1. The first kappa shape index (κ1) is 24.2. The highest BCUT2D eigenvalue weighted by atomic mass is 35.5. The Hall–Kier alpha value is -3.90. The van der Waals surface area contributed by atoms with E-state index in [2.05, 4.69) is 57.9 Å². The number of nitrogens with zero attached hydrogens (tertiary/aromatic N) is 2. The molecule has 2 aromatic heterocycles. The van der Waals surface area contributed by atoms with Gasteiger partial charge in [-0.1, -0.05) is 23.7 Å². The fraction of sp³-hybridized carbons (Fsp3) is 0.281. The summed E-state index contributed by atoms with van der Waals surface area (Å²) in [5.74, 6) is 3.23. The number of ether oxygens (including phenoxy) is 4. The van der Waals surface area contributed by atoms with Crippen molar-refractivity contribution in [3.05, 3.63) is 77.6 Å². The van der Waals surface area contributed by atoms with Crippen molar-refractivity contribution in [1.82, 2.24) is 4.57 Å². The van der Waals surface area contributed by atoms with Crippen LogP contribution in [0.15, 0.2) is 67.0 Å². The van der Waals surface area contributed by atoms with Crippen molar-refractivity contribution in [3.63, 3.8) is 0 Å². The molecule has 0 saturated carbocycles. The smallest absolute Gasteiger partial charge is 0.231 e. The van der Waals surface area contributed by atoms with Crippen LogP contribution in [0.2, 0.25) is 5.02 Å². The summed E-state index contributed by atoms with van der Waals surface area (Å²) in [4.78, 5) is 0. The molecule has 7 heteroatoms. The molecule has 5 aromatic rings. The zero-order valence-electron chi connectivity index (χ0n) is 21.9. The Bertz CT molecular complexity index is 1710. The molecule has 0 N–H and O–H groups in total. The van der Waals surface area contributed by atoms with Crippen LogP contribution in [-0.2, 0) is 19.5 Å². The molecule has 0 unspecified atom stereocenters. The number of fused-ring (bicyclic) bond motifs is 6. The highest BCUT2D eigenvalue weighted by Gasteiger charge is 2.28. The molecule has 39 heavy (non-hydrogen) atoms. The van der Waals surface area contributed by atoms with Gasteiger partial charge in [-0.15, -0.1) is 0 Å². The number of hydrogen-bond acceptors (Lipinski definition) is 4. The number of rotatable bonds is 8. The zero-order chi connectivity index (χ0) is 26.3. The molecule has 0 saturated heterocycles. The summed E-state index contributed by atoms with van der Waals surface area (Å²) in [5.41, 5.74) is 4.78. The number of aryl methyl sites for hydroxylation is 3. The third kappa shape index (κ3) is 4.33. The lowest BCUT2D eigenvalue weighted by Gasteiger charge is -2.18. The maximum Gasteiger partial charge on any atom is 0.231 e. The van der Waals surface area contributed by atoms with Gasteiger partial charge in [-0.05, 0) is 66.6 Å². The molecule has 2 aliphatic rings. The van der Waals surface area contributed by atoms with E-state index in [1.807, 2.05) is 18.2 Å². The summed E-state index contributed by atoms with van der Waals surface area (Å²) >= 11 is 6.44. The van der Waals surface area contributed by atoms with Gasteiger partial charge in [-0.2, -0.15) is 4.57 Å². The van der Waals surface area contributed by atoms with Gasteiger partial charge in [-0.3, -0.25) is 0 Å². The van der Waals surface area contributed by atoms with Crippen LogP contribution in [0, 0.1) is 0 Å². The molecule has 0 aliphatic carbocycles. The van der Waals surface area contributed by atoms with E-state index >= 15 is 0 Å². The minimum Gasteiger partial charge on any atom is -0.493 e. The van der Waals surface area contributed by atoms with E-state index in [4.69, 9.17) is 30.5 Å². The van der Waals surface area contributed by atoms with Gasteiger partial charge >= 0.3 is 0 Å². The van der Waals surface area contributed by atoms with E-state index in [1.165, 1.54) is 22.2 Å². The van der Waals surface area contributed by atoms with Crippen molar-refractivity contribution in [2.45, 2.75) is 38.8 Å². The van der Waals surface area contributed by atoms with Gasteiger partial charge in [0, 0.05) is 30.6 Å². The summed E-state index contributed by atoms with van der Waals surface area (Å²) in [7, 11) is 1.70. The van der Waals surface area contributed by atoms with Crippen molar-refractivity contribution in [2.75, 3.05) is 20.5 Å². The molecule has 0 atom stereocenters. The molecular weight excluding hydrogens is 512 g/mol. The molecule has 0 spiro atoms. The van der Waals surface area contributed by atoms with E-state index in [1.54, 1.807) is 7.11 Å². The maximum absolute atomic E-state index is 6.44. The van der Waals surface area contributed by atoms with E-state index in [9.17, 15) is 0 Å². The van der Waals surface area contributed by atoms with Crippen molar-refractivity contribution in [3.8, 4) is 34.3 Å². The fourth-order valence-corrected chi connectivity index (χ4v) is 6.13. The number of benzene rings is 3. The normalized spacial score (nSPS) is 13.5. The van der Waals surface area contributed by atoms with Gasteiger partial charge in [0.15, 0.2) is 35.7 Å². The number of unbranched alkanes of at least 4 members (excludes halogenated alkanes) is 2. The van der Waals surface area contributed by atoms with Crippen molar-refractivity contribution in [1.29, 1.82) is 0 Å². The van der Waals surface area contributed by atoms with Crippen LogP contribution >= 0.6 is 11.6 Å². The van der Waals surface area contributed by atoms with E-state index in [0.29, 0.717) is 6.61 Å². The molecule has 0 fully saturated rings. The standard InChI is InChI=1S/C32H30ClN2O4/c1-36-28-9-8-22-16-27-24-18-30-29(38-20-39-30)17-23(24)11-14-35(27)19-25(22)32(28)37-15-4-2-3-12-34-13-10-21-6-5-7-26(33)31(21)34/h5-10,13,16-19H,2-4,11-12,14-15,20H2,1H3/q+1. The lowest BCUT2D eigenvalue weighted by molar-refractivity contribution is -0.686. The first-order valence-electron chi connectivity index (χ1n) is 13.5. The molecule has 198 valence electrons. The van der Waals surface area contributed by atoms with Gasteiger partial charge in [0.1, 0.15) is 0 Å². The lowest BCUT2D eigenvalue weighted by Crippen LogP contribution is -2.40. The maximum atomic E-state index is 6.44. The first-order chi connectivity index (χ1) is 19.2. The molecule has 2 aliphatic heterocycles. The summed E-state index contributed by atoms with van der Waals surface area (Å²) in [6.07, 6.45) is 8.36. The Morgan fingerprint density at radius 1 is 0.974 bits per heavy atom. The second-order valence-corrected chi connectivity index (χ2v) is 10.6. The largest absolute Gasteiger partial charge is 0.493 e. The molecule has 3 aromatic carbocycles. The summed E-state index contributed by atoms with van der Waals surface area (Å²) in [6, 6.07) is 18.8. The average Bonchev–Trinajstić information content (AvgIpc) is 3.60. The number of hydrogen-bond donors (Lipinski definition) is 0. The van der Waals surface area contributed by atoms with E-state index in [0.717, 1.165) is 83.1 Å². The van der Waals surface area contributed by atoms with Crippen LogP contribution < -0.4 is 23.5 Å². The number of pyridine rings is 1. The Morgan fingerprint density at radius 2 is 1.87 bits per heavy atom. The van der Waals surface area contributed by atoms with Crippen molar-refractivity contribution >= 4 is 33.3 Å². The number of methoxy groups -OCH3 is 1. The van der Waals surface area contributed by atoms with Crippen LogP contribution in [0.1, 0.15) is 24.8 Å². The number of para-hydroxylation sites is 1. The third-order valence-corrected chi connectivity index (χ3v) is 8.13. The SMILES string of the molecule is COc1ccc2cc3[n+](cc2c1OCCCCCn1ccc2cccc(Cl)c21)CCc1cc2c(cc1-3)OCO2. The topological polar surface area (TPSA) is 45.7 Å². The van der Waals surface area contributed by atoms with Crippen LogP contribution in [0.3, 0.4) is 0 Å². The summed E-state index contributed by atoms with van der Waals surface area (Å²) in [6.45, 7) is 2.76. The minimum absolute atomic E-state index is 0.286. The third-order valence-electron chi connectivity index (χ3n) is 7.83. The molecule has 0 radical (unpaired) electrons. The molecule has 0 amide bonds. The van der Waals surface area contributed by atoms with Crippen LogP contribution in [0.25, 0.3) is 32.9 Å². The van der Waals surface area contributed by atoms with E-state index in [-0.39, 0.29) is 6.79 Å². The average molecular weight is 542 g/mol. The monoisotopic (exact) mass is 541 g/mol. The molecular formula is C32H30ClN2O4+. The van der Waals surface area contributed by atoms with Crippen molar-refractivity contribution in [2.24, 2.45) is 0 Å². The Kier molecular flexibility index (Phi) is 6.20. The van der Waals surface area contributed by atoms with Crippen molar-refractivity contribution < 1.29 is 23.5 Å².